The quantitative estimate of drug-likeness (QED) is 0.350. The Balaban J connectivity index is 2.75. The molecule has 1 aromatic rings. The largest absolute Gasteiger partial charge is 0.409 e. The number of rotatable bonds is 1. The van der Waals surface area contributed by atoms with Crippen molar-refractivity contribution >= 4 is 27.7 Å². The van der Waals surface area contributed by atoms with Gasteiger partial charge in [0.05, 0.1) is 0 Å². The molecule has 0 aromatic heterocycles. The van der Waals surface area contributed by atoms with Gasteiger partial charge in [0.15, 0.2) is 0 Å². The molecule has 0 fully saturated rings. The van der Waals surface area contributed by atoms with Crippen LogP contribution in [0.1, 0.15) is 17.3 Å². The van der Waals surface area contributed by atoms with Crippen LogP contribution in [0.2, 0.25) is 0 Å². The molecule has 0 unspecified atom stereocenters. The maximum atomic E-state index is 11.4. The molecule has 0 spiro atoms. The zero-order valence-corrected chi connectivity index (χ0v) is 9.08. The molecular weight excluding hydrogens is 248 g/mol. The molecule has 0 radical (unpaired) electrons. The molecule has 4 nitrogen and oxygen atoms in total. The van der Waals surface area contributed by atoms with E-state index < -0.39 is 0 Å². The van der Waals surface area contributed by atoms with Crippen LogP contribution < -0.4 is 5.32 Å². The number of halogens is 1. The lowest BCUT2D eigenvalue weighted by atomic mass is 10.2. The zero-order chi connectivity index (χ0) is 10.6. The molecule has 1 amide bonds. The number of nitrogens with zero attached hydrogens (tertiary/aromatic N) is 1. The Hall–Kier alpha value is -1.36. The second-order valence-corrected chi connectivity index (χ2v) is 3.56. The fraction of sp³-hybridized carbons (Fsp3) is 0.111. The van der Waals surface area contributed by atoms with Gasteiger partial charge in [0.1, 0.15) is 5.84 Å². The Morgan fingerprint density at radius 2 is 2.00 bits per heavy atom. The van der Waals surface area contributed by atoms with Gasteiger partial charge < -0.3 is 10.5 Å². The molecule has 0 aliphatic rings. The summed E-state index contributed by atoms with van der Waals surface area (Å²) in [5.74, 6) is -0.134. The monoisotopic (exact) mass is 256 g/mol. The third kappa shape index (κ3) is 2.85. The molecule has 0 aliphatic carbocycles. The lowest BCUT2D eigenvalue weighted by Crippen LogP contribution is -2.28. The van der Waals surface area contributed by atoms with Gasteiger partial charge in [0.25, 0.3) is 5.91 Å². The normalized spacial score (nSPS) is 11.1. The molecule has 74 valence electrons. The van der Waals surface area contributed by atoms with Crippen LogP contribution in [0.25, 0.3) is 0 Å². The average molecular weight is 257 g/mol. The Labute approximate surface area is 89.7 Å². The van der Waals surface area contributed by atoms with Gasteiger partial charge in [-0.3, -0.25) is 4.79 Å². The number of oxime groups is 1. The van der Waals surface area contributed by atoms with Crippen LogP contribution in [0.5, 0.6) is 0 Å². The van der Waals surface area contributed by atoms with E-state index in [0.29, 0.717) is 5.56 Å². The molecule has 0 saturated heterocycles. The Morgan fingerprint density at radius 3 is 2.50 bits per heavy atom. The fourth-order valence-electron chi connectivity index (χ4n) is 0.863. The van der Waals surface area contributed by atoms with E-state index >= 15 is 0 Å². The van der Waals surface area contributed by atoms with E-state index in [0.717, 1.165) is 4.47 Å². The van der Waals surface area contributed by atoms with E-state index in [-0.39, 0.29) is 11.7 Å². The van der Waals surface area contributed by atoms with Crippen LogP contribution in [-0.4, -0.2) is 17.0 Å². The summed E-state index contributed by atoms with van der Waals surface area (Å²) in [6, 6.07) is 6.87. The van der Waals surface area contributed by atoms with Crippen LogP contribution in [0.15, 0.2) is 33.9 Å². The topological polar surface area (TPSA) is 61.7 Å². The summed E-state index contributed by atoms with van der Waals surface area (Å²) in [6.07, 6.45) is 0. The highest BCUT2D eigenvalue weighted by Gasteiger charge is 2.05. The predicted octanol–water partition coefficient (Wildman–Crippen LogP) is 1.99. The molecule has 1 rings (SSSR count). The number of hydrogen-bond donors (Lipinski definition) is 2. The van der Waals surface area contributed by atoms with Gasteiger partial charge in [-0.2, -0.15) is 0 Å². The highest BCUT2D eigenvalue weighted by Crippen LogP contribution is 2.10. The molecule has 14 heavy (non-hydrogen) atoms. The zero-order valence-electron chi connectivity index (χ0n) is 7.49. The van der Waals surface area contributed by atoms with Crippen molar-refractivity contribution in [2.24, 2.45) is 5.16 Å². The summed E-state index contributed by atoms with van der Waals surface area (Å²) in [5, 5.41) is 13.6. The third-order valence-electron chi connectivity index (χ3n) is 1.55. The molecule has 0 atom stereocenters. The van der Waals surface area contributed by atoms with E-state index in [1.54, 1.807) is 24.3 Å². The predicted molar refractivity (Wildman–Crippen MR) is 56.5 cm³/mol. The maximum absolute atomic E-state index is 11.4. The first kappa shape index (κ1) is 10.7. The Bertz CT molecular complexity index is 360. The van der Waals surface area contributed by atoms with Crippen molar-refractivity contribution in [2.75, 3.05) is 0 Å². The SMILES string of the molecule is C/C(=N\O)NC(=O)c1ccc(Br)cc1. The van der Waals surface area contributed by atoms with Gasteiger partial charge in [-0.1, -0.05) is 21.1 Å². The van der Waals surface area contributed by atoms with Gasteiger partial charge in [-0.05, 0) is 31.2 Å². The van der Waals surface area contributed by atoms with E-state index in [4.69, 9.17) is 5.21 Å². The van der Waals surface area contributed by atoms with Crippen LogP contribution in [0, 0.1) is 0 Å². The molecule has 0 saturated carbocycles. The van der Waals surface area contributed by atoms with Crippen LogP contribution >= 0.6 is 15.9 Å². The van der Waals surface area contributed by atoms with Crippen molar-refractivity contribution in [3.05, 3.63) is 34.3 Å². The van der Waals surface area contributed by atoms with Crippen LogP contribution in [0.4, 0.5) is 0 Å². The van der Waals surface area contributed by atoms with E-state index in [2.05, 4.69) is 26.4 Å². The minimum atomic E-state index is -0.298. The number of nitrogens with one attached hydrogen (secondary N) is 1. The van der Waals surface area contributed by atoms with Gasteiger partial charge >= 0.3 is 0 Å². The summed E-state index contributed by atoms with van der Waals surface area (Å²) < 4.78 is 0.904. The number of benzene rings is 1. The number of carbonyl (C=O) groups is 1. The molecular formula is C9H9BrN2O2. The second-order valence-electron chi connectivity index (χ2n) is 2.65. The molecule has 2 N–H and O–H groups in total. The van der Waals surface area contributed by atoms with Crippen molar-refractivity contribution in [3.8, 4) is 0 Å². The van der Waals surface area contributed by atoms with Crippen molar-refractivity contribution < 1.29 is 10.0 Å². The van der Waals surface area contributed by atoms with Crippen LogP contribution in [-0.2, 0) is 0 Å². The summed E-state index contributed by atoms with van der Waals surface area (Å²) in [7, 11) is 0. The summed E-state index contributed by atoms with van der Waals surface area (Å²) in [5.41, 5.74) is 0.510. The first-order chi connectivity index (χ1) is 6.63. The van der Waals surface area contributed by atoms with Gasteiger partial charge in [-0.15, -0.1) is 0 Å². The van der Waals surface area contributed by atoms with E-state index in [1.165, 1.54) is 6.92 Å². The minimum Gasteiger partial charge on any atom is -0.409 e. The minimum absolute atomic E-state index is 0.165. The number of carbonyl (C=O) groups excluding carboxylic acids is 1. The fourth-order valence-corrected chi connectivity index (χ4v) is 1.13. The second kappa shape index (κ2) is 4.76. The number of amidine groups is 1. The van der Waals surface area contributed by atoms with E-state index in [1.807, 2.05) is 0 Å². The molecule has 0 heterocycles. The smallest absolute Gasteiger partial charge is 0.256 e. The summed E-state index contributed by atoms with van der Waals surface area (Å²) in [6.45, 7) is 1.50. The van der Waals surface area contributed by atoms with Crippen molar-refractivity contribution in [2.45, 2.75) is 6.92 Å². The number of hydrogen-bond acceptors (Lipinski definition) is 3. The lowest BCUT2D eigenvalue weighted by molar-refractivity contribution is 0.0975. The molecule has 0 bridgehead atoms. The van der Waals surface area contributed by atoms with Gasteiger partial charge in [-0.25, -0.2) is 0 Å². The van der Waals surface area contributed by atoms with Crippen molar-refractivity contribution in [3.63, 3.8) is 0 Å². The summed E-state index contributed by atoms with van der Waals surface area (Å²) >= 11 is 3.26. The highest BCUT2D eigenvalue weighted by atomic mass is 79.9. The standard InChI is InChI=1S/C9H9BrN2O2/c1-6(12-14)11-9(13)7-2-4-8(10)5-3-7/h2-5,14H,1H3,(H,11,12,13). The third-order valence-corrected chi connectivity index (χ3v) is 2.08. The maximum Gasteiger partial charge on any atom is 0.256 e. The van der Waals surface area contributed by atoms with Gasteiger partial charge in [0, 0.05) is 10.0 Å². The van der Waals surface area contributed by atoms with Gasteiger partial charge in [0.2, 0.25) is 0 Å². The van der Waals surface area contributed by atoms with Crippen molar-refractivity contribution in [1.82, 2.24) is 5.32 Å². The first-order valence-electron chi connectivity index (χ1n) is 3.89. The highest BCUT2D eigenvalue weighted by molar-refractivity contribution is 9.10. The number of amides is 1. The first-order valence-corrected chi connectivity index (χ1v) is 4.68. The Kier molecular flexibility index (Phi) is 3.64. The Morgan fingerprint density at radius 1 is 1.43 bits per heavy atom. The average Bonchev–Trinajstić information content (AvgIpc) is 2.18. The van der Waals surface area contributed by atoms with Crippen LogP contribution in [0.3, 0.4) is 0 Å². The molecule has 5 heteroatoms. The summed E-state index contributed by atoms with van der Waals surface area (Å²) in [4.78, 5) is 11.4. The molecule has 0 aliphatic heterocycles. The lowest BCUT2D eigenvalue weighted by Gasteiger charge is -2.02. The van der Waals surface area contributed by atoms with E-state index in [9.17, 15) is 4.79 Å². The molecule has 1 aromatic carbocycles. The van der Waals surface area contributed by atoms with Crippen molar-refractivity contribution in [1.29, 1.82) is 0 Å².